The van der Waals surface area contributed by atoms with Gasteiger partial charge < -0.3 is 9.30 Å². The minimum Gasteiger partial charge on any atom is -0.453 e. The van der Waals surface area contributed by atoms with Crippen molar-refractivity contribution in [2.24, 2.45) is 0 Å². The summed E-state index contributed by atoms with van der Waals surface area (Å²) >= 11 is 0. The molecule has 0 fully saturated rings. The molecule has 1 N–H and O–H groups in total. The summed E-state index contributed by atoms with van der Waals surface area (Å²) < 4.78 is 6.48. The summed E-state index contributed by atoms with van der Waals surface area (Å²) in [5.41, 5.74) is 2.07. The molecule has 0 bridgehead atoms. The van der Waals surface area contributed by atoms with Crippen molar-refractivity contribution < 1.29 is 9.53 Å². The van der Waals surface area contributed by atoms with E-state index in [-0.39, 0.29) is 0 Å². The van der Waals surface area contributed by atoms with E-state index in [1.165, 1.54) is 7.11 Å². The molecule has 0 saturated carbocycles. The third kappa shape index (κ3) is 2.93. The zero-order valence-electron chi connectivity index (χ0n) is 10.9. The third-order valence-electron chi connectivity index (χ3n) is 2.86. The van der Waals surface area contributed by atoms with E-state index in [0.717, 1.165) is 24.1 Å². The molecular formula is C14H17N3O2. The quantitative estimate of drug-likeness (QED) is 0.846. The molecule has 1 aliphatic rings. The topological polar surface area (TPSA) is 56.2 Å². The van der Waals surface area contributed by atoms with Gasteiger partial charge in [0.05, 0.1) is 19.0 Å². The molecule has 1 amide bonds. The lowest BCUT2D eigenvalue weighted by atomic mass is 10.0. The number of anilines is 1. The van der Waals surface area contributed by atoms with Crippen LogP contribution < -0.4 is 5.32 Å². The minimum atomic E-state index is -0.532. The fourth-order valence-corrected chi connectivity index (χ4v) is 1.97. The van der Waals surface area contributed by atoms with E-state index in [4.69, 9.17) is 0 Å². The summed E-state index contributed by atoms with van der Waals surface area (Å²) in [7, 11) is 1.32. The monoisotopic (exact) mass is 259 g/mol. The third-order valence-corrected chi connectivity index (χ3v) is 2.86. The van der Waals surface area contributed by atoms with Crippen LogP contribution in [0.25, 0.3) is 5.57 Å². The summed E-state index contributed by atoms with van der Waals surface area (Å²) in [5, 5.41) is 2.60. The number of ether oxygens (including phenoxy) is 1. The molecular weight excluding hydrogens is 242 g/mol. The van der Waals surface area contributed by atoms with Gasteiger partial charge in [0.15, 0.2) is 0 Å². The van der Waals surface area contributed by atoms with Gasteiger partial charge in [0.2, 0.25) is 5.95 Å². The summed E-state index contributed by atoms with van der Waals surface area (Å²) in [6, 6.07) is 0. The van der Waals surface area contributed by atoms with Crippen molar-refractivity contribution >= 4 is 17.6 Å². The van der Waals surface area contributed by atoms with E-state index in [0.29, 0.717) is 12.5 Å². The number of nitrogens with one attached hydrogen (secondary N) is 1. The van der Waals surface area contributed by atoms with Gasteiger partial charge in [-0.25, -0.2) is 9.78 Å². The number of carbonyl (C=O) groups is 1. The van der Waals surface area contributed by atoms with Crippen molar-refractivity contribution in [3.05, 3.63) is 42.8 Å². The van der Waals surface area contributed by atoms with Crippen molar-refractivity contribution in [1.82, 2.24) is 9.55 Å². The Morgan fingerprint density at radius 3 is 3.11 bits per heavy atom. The Balaban J connectivity index is 2.33. The number of imidazole rings is 1. The van der Waals surface area contributed by atoms with Gasteiger partial charge in [-0.1, -0.05) is 24.3 Å². The van der Waals surface area contributed by atoms with E-state index in [9.17, 15) is 4.79 Å². The largest absolute Gasteiger partial charge is 0.453 e. The van der Waals surface area contributed by atoms with E-state index < -0.39 is 6.09 Å². The first kappa shape index (κ1) is 13.1. The van der Waals surface area contributed by atoms with Crippen LogP contribution in [0, 0.1) is 0 Å². The average molecular weight is 259 g/mol. The number of hydrogen-bond donors (Lipinski definition) is 1. The molecule has 1 aromatic heterocycles. The van der Waals surface area contributed by atoms with Crippen LogP contribution >= 0.6 is 0 Å². The Morgan fingerprint density at radius 2 is 2.47 bits per heavy atom. The maximum absolute atomic E-state index is 11.3. The molecule has 2 rings (SSSR count). The molecule has 0 radical (unpaired) electrons. The molecule has 0 aliphatic heterocycles. The van der Waals surface area contributed by atoms with Crippen LogP contribution in [0.2, 0.25) is 0 Å². The Hall–Kier alpha value is -2.30. The van der Waals surface area contributed by atoms with Gasteiger partial charge in [0.25, 0.3) is 0 Å². The second kappa shape index (κ2) is 6.04. The van der Waals surface area contributed by atoms with Gasteiger partial charge in [-0.05, 0) is 18.4 Å². The molecule has 0 aromatic carbocycles. The zero-order valence-corrected chi connectivity index (χ0v) is 10.9. The summed E-state index contributed by atoms with van der Waals surface area (Å²) in [6.45, 7) is 4.30. The number of allylic oxidation sites excluding steroid dienone is 5. The Morgan fingerprint density at radius 1 is 1.63 bits per heavy atom. The zero-order chi connectivity index (χ0) is 13.7. The normalized spacial score (nSPS) is 13.8. The highest BCUT2D eigenvalue weighted by Crippen LogP contribution is 2.24. The van der Waals surface area contributed by atoms with Gasteiger partial charge in [-0.3, -0.25) is 5.32 Å². The second-order valence-electron chi connectivity index (χ2n) is 4.12. The molecule has 0 spiro atoms. The standard InChI is InChI=1S/C14H17N3O2/c1-3-9-17-12(11-7-5-4-6-8-11)10-15-13(17)16-14(18)19-2/h3,5,7-8,10H,1,4,6,9H2,2H3,(H,15,16,18). The molecule has 0 saturated heterocycles. The van der Waals surface area contributed by atoms with Crippen LogP contribution in [-0.4, -0.2) is 22.8 Å². The maximum Gasteiger partial charge on any atom is 0.413 e. The van der Waals surface area contributed by atoms with Crippen molar-refractivity contribution in [2.75, 3.05) is 12.4 Å². The lowest BCUT2D eigenvalue weighted by molar-refractivity contribution is 0.186. The lowest BCUT2D eigenvalue weighted by Crippen LogP contribution is -2.16. The Bertz CT molecular complexity index is 541. The Kier molecular flexibility index (Phi) is 4.18. The maximum atomic E-state index is 11.3. The van der Waals surface area contributed by atoms with Crippen LogP contribution in [0.1, 0.15) is 18.5 Å². The first-order chi connectivity index (χ1) is 9.26. The highest BCUT2D eigenvalue weighted by Gasteiger charge is 2.14. The first-order valence-electron chi connectivity index (χ1n) is 6.14. The average Bonchev–Trinajstić information content (AvgIpc) is 2.83. The number of hydrogen-bond acceptors (Lipinski definition) is 3. The van der Waals surface area contributed by atoms with Crippen LogP contribution in [0.4, 0.5) is 10.7 Å². The van der Waals surface area contributed by atoms with Crippen molar-refractivity contribution in [1.29, 1.82) is 0 Å². The minimum absolute atomic E-state index is 0.460. The van der Waals surface area contributed by atoms with Gasteiger partial charge in [0.1, 0.15) is 0 Å². The van der Waals surface area contributed by atoms with E-state index in [2.05, 4.69) is 39.8 Å². The highest BCUT2D eigenvalue weighted by atomic mass is 16.5. The van der Waals surface area contributed by atoms with Crippen LogP contribution in [-0.2, 0) is 11.3 Å². The number of rotatable bonds is 4. The SMILES string of the molecule is C=CCn1c(C2=CCCC=C2)cnc1NC(=O)OC. The highest BCUT2D eigenvalue weighted by molar-refractivity contribution is 5.83. The molecule has 5 nitrogen and oxygen atoms in total. The summed E-state index contributed by atoms with van der Waals surface area (Å²) in [4.78, 5) is 15.5. The molecule has 1 heterocycles. The molecule has 100 valence electrons. The molecule has 1 aromatic rings. The van der Waals surface area contributed by atoms with Gasteiger partial charge in [-0.2, -0.15) is 0 Å². The molecule has 5 heteroatoms. The number of carbonyl (C=O) groups excluding carboxylic acids is 1. The lowest BCUT2D eigenvalue weighted by Gasteiger charge is -2.12. The summed E-state index contributed by atoms with van der Waals surface area (Å²) in [6.07, 6.45) is 11.4. The van der Waals surface area contributed by atoms with Gasteiger partial charge in [0, 0.05) is 6.54 Å². The Labute approximate surface area is 112 Å². The van der Waals surface area contributed by atoms with Crippen molar-refractivity contribution in [3.8, 4) is 0 Å². The van der Waals surface area contributed by atoms with Crippen LogP contribution in [0.3, 0.4) is 0 Å². The van der Waals surface area contributed by atoms with Gasteiger partial charge in [-0.15, -0.1) is 6.58 Å². The number of aromatic nitrogens is 2. The second-order valence-corrected chi connectivity index (χ2v) is 4.12. The number of amides is 1. The van der Waals surface area contributed by atoms with Crippen LogP contribution in [0.15, 0.2) is 37.1 Å². The molecule has 1 aliphatic carbocycles. The number of methoxy groups -OCH3 is 1. The molecule has 0 atom stereocenters. The van der Waals surface area contributed by atoms with E-state index in [1.807, 2.05) is 4.57 Å². The van der Waals surface area contributed by atoms with E-state index >= 15 is 0 Å². The fourth-order valence-electron chi connectivity index (χ4n) is 1.97. The predicted octanol–water partition coefficient (Wildman–Crippen LogP) is 2.98. The predicted molar refractivity (Wildman–Crippen MR) is 74.8 cm³/mol. The van der Waals surface area contributed by atoms with E-state index in [1.54, 1.807) is 12.3 Å². The van der Waals surface area contributed by atoms with Gasteiger partial charge >= 0.3 is 6.09 Å². The van der Waals surface area contributed by atoms with Crippen molar-refractivity contribution in [2.45, 2.75) is 19.4 Å². The smallest absolute Gasteiger partial charge is 0.413 e. The van der Waals surface area contributed by atoms with Crippen molar-refractivity contribution in [3.63, 3.8) is 0 Å². The molecule has 19 heavy (non-hydrogen) atoms. The number of nitrogens with zero attached hydrogens (tertiary/aromatic N) is 2. The van der Waals surface area contributed by atoms with Crippen LogP contribution in [0.5, 0.6) is 0 Å². The first-order valence-corrected chi connectivity index (χ1v) is 6.14. The summed E-state index contributed by atoms with van der Waals surface area (Å²) in [5.74, 6) is 0.460. The molecule has 0 unspecified atom stereocenters. The fraction of sp³-hybridized carbons (Fsp3) is 0.286.